The van der Waals surface area contributed by atoms with Gasteiger partial charge in [-0.25, -0.2) is 4.98 Å². The number of hydrogen-bond donors (Lipinski definition) is 0. The molecule has 1 aromatic rings. The van der Waals surface area contributed by atoms with Crippen molar-refractivity contribution >= 4 is 17.5 Å². The summed E-state index contributed by atoms with van der Waals surface area (Å²) in [5.74, 6) is 0.842. The number of hydrogen-bond acceptors (Lipinski definition) is 3. The fraction of sp³-hybridized carbons (Fsp3) is 0.417. The molecule has 0 atom stereocenters. The molecule has 0 aliphatic rings. The predicted molar refractivity (Wildman–Crippen MR) is 68.6 cm³/mol. The van der Waals surface area contributed by atoms with Gasteiger partial charge in [0.2, 0.25) is 0 Å². The van der Waals surface area contributed by atoms with E-state index in [2.05, 4.69) is 23.9 Å². The molecule has 0 aliphatic heterocycles. The molecule has 1 aromatic heterocycles. The number of Topliss-reactive ketones (excluding diaryl/α,β-unsaturated/α-hetero) is 1. The number of carbonyl (C=O) groups is 1. The molecule has 0 radical (unpaired) electrons. The van der Waals surface area contributed by atoms with Crippen LogP contribution in [0.25, 0.3) is 0 Å². The van der Waals surface area contributed by atoms with Crippen molar-refractivity contribution in [2.45, 2.75) is 24.9 Å². The summed E-state index contributed by atoms with van der Waals surface area (Å²) in [6.45, 7) is 8.27. The summed E-state index contributed by atoms with van der Waals surface area (Å²) in [6, 6.07) is 0. The van der Waals surface area contributed by atoms with E-state index in [0.29, 0.717) is 18.0 Å². The summed E-state index contributed by atoms with van der Waals surface area (Å²) >= 11 is 1.50. The number of thioether (sulfide) groups is 1. The van der Waals surface area contributed by atoms with Gasteiger partial charge in [-0.3, -0.25) is 4.79 Å². The molecule has 0 bridgehead atoms. The second-order valence-corrected chi connectivity index (χ2v) is 4.09. The highest BCUT2D eigenvalue weighted by molar-refractivity contribution is 7.99. The van der Waals surface area contributed by atoms with Gasteiger partial charge in [-0.05, 0) is 6.42 Å². The third-order valence-electron chi connectivity index (χ3n) is 1.67. The van der Waals surface area contributed by atoms with E-state index in [1.54, 1.807) is 6.20 Å². The molecule has 0 N–H and O–H groups in total. The highest BCUT2D eigenvalue weighted by Gasteiger charge is 2.04. The van der Waals surface area contributed by atoms with Crippen LogP contribution in [0.15, 0.2) is 36.4 Å². The zero-order valence-electron chi connectivity index (χ0n) is 9.90. The lowest BCUT2D eigenvalue weighted by molar-refractivity contribution is -0.116. The van der Waals surface area contributed by atoms with Gasteiger partial charge in [0.15, 0.2) is 5.16 Å². The van der Waals surface area contributed by atoms with E-state index in [0.717, 1.165) is 11.6 Å². The van der Waals surface area contributed by atoms with Crippen LogP contribution in [0.3, 0.4) is 0 Å². The molecule has 1 heterocycles. The third kappa shape index (κ3) is 6.27. The molecule has 16 heavy (non-hydrogen) atoms. The van der Waals surface area contributed by atoms with Crippen molar-refractivity contribution in [2.75, 3.05) is 5.75 Å². The van der Waals surface area contributed by atoms with Gasteiger partial charge < -0.3 is 4.57 Å². The van der Waals surface area contributed by atoms with Crippen LogP contribution in [0.2, 0.25) is 0 Å². The van der Waals surface area contributed by atoms with Crippen molar-refractivity contribution in [3.63, 3.8) is 0 Å². The van der Waals surface area contributed by atoms with Gasteiger partial charge in [-0.15, -0.1) is 5.73 Å². The van der Waals surface area contributed by atoms with E-state index in [9.17, 15) is 4.79 Å². The molecular formula is C12H18N2OS. The van der Waals surface area contributed by atoms with Crippen LogP contribution >= 0.6 is 11.8 Å². The molecule has 0 spiro atoms. The van der Waals surface area contributed by atoms with Crippen LogP contribution < -0.4 is 0 Å². The first-order valence-corrected chi connectivity index (χ1v) is 6.05. The smallest absolute Gasteiger partial charge is 0.168 e. The summed E-state index contributed by atoms with van der Waals surface area (Å²) in [6.07, 6.45) is 5.23. The molecule has 0 aromatic carbocycles. The highest BCUT2D eigenvalue weighted by atomic mass is 32.2. The minimum atomic E-state index is 0.301. The number of aryl methyl sites for hydroxylation is 1. The zero-order chi connectivity index (χ0) is 12.4. The Hall–Kier alpha value is -1.25. The summed E-state index contributed by atoms with van der Waals surface area (Å²) in [4.78, 5) is 15.3. The minimum absolute atomic E-state index is 0.301. The Balaban J connectivity index is 0.000000673. The van der Waals surface area contributed by atoms with Gasteiger partial charge in [-0.1, -0.05) is 31.8 Å². The second kappa shape index (κ2) is 9.01. The van der Waals surface area contributed by atoms with E-state index < -0.39 is 0 Å². The Morgan fingerprint density at radius 3 is 2.69 bits per heavy atom. The molecule has 0 amide bonds. The maximum absolute atomic E-state index is 11.2. The van der Waals surface area contributed by atoms with Crippen molar-refractivity contribution < 1.29 is 4.79 Å². The largest absolute Gasteiger partial charge is 0.329 e. The third-order valence-corrected chi connectivity index (χ3v) is 2.79. The Kier molecular flexibility index (Phi) is 8.31. The average Bonchev–Trinajstić information content (AvgIpc) is 2.63. The number of rotatable bonds is 5. The van der Waals surface area contributed by atoms with Crippen LogP contribution in [0, 0.1) is 0 Å². The first-order chi connectivity index (χ1) is 7.65. The van der Waals surface area contributed by atoms with Gasteiger partial charge in [-0.2, -0.15) is 0 Å². The number of imidazole rings is 1. The quantitative estimate of drug-likeness (QED) is 0.584. The van der Waals surface area contributed by atoms with E-state index >= 15 is 0 Å². The number of nitrogens with zero attached hydrogens (tertiary/aromatic N) is 2. The van der Waals surface area contributed by atoms with Crippen LogP contribution in [-0.2, 0) is 11.8 Å². The van der Waals surface area contributed by atoms with Gasteiger partial charge >= 0.3 is 0 Å². The van der Waals surface area contributed by atoms with Gasteiger partial charge in [0.05, 0.1) is 5.75 Å². The van der Waals surface area contributed by atoms with Crippen molar-refractivity contribution in [1.82, 2.24) is 9.55 Å². The number of aromatic nitrogens is 2. The lowest BCUT2D eigenvalue weighted by Crippen LogP contribution is -2.01. The van der Waals surface area contributed by atoms with Gasteiger partial charge in [0, 0.05) is 25.9 Å². The van der Waals surface area contributed by atoms with Gasteiger partial charge in [0.25, 0.3) is 0 Å². The predicted octanol–water partition coefficient (Wildman–Crippen LogP) is 2.84. The number of carbonyl (C=O) groups excluding carboxylic acids is 1. The van der Waals surface area contributed by atoms with E-state index in [4.69, 9.17) is 0 Å². The zero-order valence-corrected chi connectivity index (χ0v) is 10.7. The monoisotopic (exact) mass is 238 g/mol. The lowest BCUT2D eigenvalue weighted by Gasteiger charge is -1.99. The van der Waals surface area contributed by atoms with E-state index in [-0.39, 0.29) is 0 Å². The van der Waals surface area contributed by atoms with E-state index in [1.807, 2.05) is 24.7 Å². The van der Waals surface area contributed by atoms with Crippen molar-refractivity contribution in [2.24, 2.45) is 7.05 Å². The first kappa shape index (κ1) is 14.8. The van der Waals surface area contributed by atoms with Crippen LogP contribution in [0.1, 0.15) is 19.8 Å². The highest BCUT2D eigenvalue weighted by Crippen LogP contribution is 2.14. The summed E-state index contributed by atoms with van der Waals surface area (Å²) in [5, 5.41) is 0.907. The molecular weight excluding hydrogens is 220 g/mol. The summed E-state index contributed by atoms with van der Waals surface area (Å²) in [5.41, 5.74) is 2.25. The SMILES string of the molecule is C=C=C.CCCC(=O)CSc1nccn1C. The summed E-state index contributed by atoms with van der Waals surface area (Å²) in [7, 11) is 1.93. The van der Waals surface area contributed by atoms with Crippen molar-refractivity contribution in [3.8, 4) is 0 Å². The molecule has 1 rings (SSSR count). The van der Waals surface area contributed by atoms with Crippen LogP contribution in [-0.4, -0.2) is 21.1 Å². The Morgan fingerprint density at radius 1 is 1.62 bits per heavy atom. The Morgan fingerprint density at radius 2 is 2.25 bits per heavy atom. The van der Waals surface area contributed by atoms with Crippen molar-refractivity contribution in [3.05, 3.63) is 31.3 Å². The van der Waals surface area contributed by atoms with Crippen LogP contribution in [0.4, 0.5) is 0 Å². The minimum Gasteiger partial charge on any atom is -0.329 e. The average molecular weight is 238 g/mol. The fourth-order valence-electron chi connectivity index (χ4n) is 0.987. The molecule has 88 valence electrons. The first-order valence-electron chi connectivity index (χ1n) is 5.06. The molecule has 0 unspecified atom stereocenters. The molecule has 0 aliphatic carbocycles. The number of ketones is 1. The maximum Gasteiger partial charge on any atom is 0.168 e. The second-order valence-electron chi connectivity index (χ2n) is 3.15. The maximum atomic E-state index is 11.2. The Labute approximate surface area is 101 Å². The lowest BCUT2D eigenvalue weighted by atomic mass is 10.3. The van der Waals surface area contributed by atoms with Gasteiger partial charge in [0.1, 0.15) is 5.78 Å². The molecule has 4 heteroatoms. The Bertz CT molecular complexity index is 352. The standard InChI is InChI=1S/C9H14N2OS.C3H4/c1-3-4-8(12)7-13-9-10-5-6-11(9)2;1-3-2/h5-6H,3-4,7H2,1-2H3;1-2H2. The molecule has 0 fully saturated rings. The molecule has 3 nitrogen and oxygen atoms in total. The normalized spacial score (nSPS) is 8.88. The fourth-order valence-corrected chi connectivity index (χ4v) is 1.82. The topological polar surface area (TPSA) is 34.9 Å². The van der Waals surface area contributed by atoms with Crippen molar-refractivity contribution in [1.29, 1.82) is 0 Å². The molecule has 0 saturated heterocycles. The summed E-state index contributed by atoms with van der Waals surface area (Å²) < 4.78 is 1.92. The van der Waals surface area contributed by atoms with Crippen LogP contribution in [0.5, 0.6) is 0 Å². The van der Waals surface area contributed by atoms with E-state index in [1.165, 1.54) is 11.8 Å². The molecule has 0 saturated carbocycles.